The van der Waals surface area contributed by atoms with E-state index < -0.39 is 0 Å². The van der Waals surface area contributed by atoms with Crippen molar-refractivity contribution in [1.29, 1.82) is 0 Å². The van der Waals surface area contributed by atoms with Gasteiger partial charge in [0.05, 0.1) is 5.76 Å². The van der Waals surface area contributed by atoms with E-state index in [0.717, 1.165) is 30.6 Å². The number of fused-ring (bicyclic) bond motifs is 3. The second-order valence-electron chi connectivity index (χ2n) is 7.21. The Morgan fingerprint density at radius 2 is 1.95 bits per heavy atom. The van der Waals surface area contributed by atoms with Crippen LogP contribution in [0.3, 0.4) is 0 Å². The number of aliphatic hydroxyl groups excluding tert-OH is 1. The van der Waals surface area contributed by atoms with Crippen LogP contribution < -0.4 is 0 Å². The van der Waals surface area contributed by atoms with Gasteiger partial charge in [-0.05, 0) is 80.3 Å². The van der Waals surface area contributed by atoms with Crippen LogP contribution in [-0.4, -0.2) is 5.11 Å². The number of rotatable bonds is 0. The van der Waals surface area contributed by atoms with Gasteiger partial charge in [0.15, 0.2) is 0 Å². The molecule has 0 radical (unpaired) electrons. The van der Waals surface area contributed by atoms with E-state index >= 15 is 0 Å². The molecule has 1 fully saturated rings. The minimum absolute atomic E-state index is 0.593. The van der Waals surface area contributed by atoms with Crippen molar-refractivity contribution in [2.24, 2.45) is 23.7 Å². The lowest BCUT2D eigenvalue weighted by Crippen LogP contribution is -2.33. The molecule has 0 aromatic rings. The van der Waals surface area contributed by atoms with E-state index in [9.17, 15) is 5.11 Å². The Morgan fingerprint density at radius 3 is 2.80 bits per heavy atom. The van der Waals surface area contributed by atoms with Crippen LogP contribution in [-0.2, 0) is 0 Å². The quantitative estimate of drug-likeness (QED) is 0.573. The molecule has 3 aliphatic carbocycles. The van der Waals surface area contributed by atoms with Gasteiger partial charge in [-0.15, -0.1) is 0 Å². The van der Waals surface area contributed by atoms with Gasteiger partial charge < -0.3 is 5.11 Å². The van der Waals surface area contributed by atoms with Gasteiger partial charge in [0.2, 0.25) is 0 Å². The molecule has 1 N–H and O–H groups in total. The van der Waals surface area contributed by atoms with Gasteiger partial charge in [-0.3, -0.25) is 0 Å². The van der Waals surface area contributed by atoms with Gasteiger partial charge >= 0.3 is 0 Å². The summed E-state index contributed by atoms with van der Waals surface area (Å²) < 4.78 is 0. The molecular formula is C19H28O. The zero-order valence-corrected chi connectivity index (χ0v) is 12.8. The van der Waals surface area contributed by atoms with Crippen LogP contribution in [0.4, 0.5) is 0 Å². The van der Waals surface area contributed by atoms with Crippen molar-refractivity contribution >= 4 is 0 Å². The van der Waals surface area contributed by atoms with E-state index in [2.05, 4.69) is 25.7 Å². The predicted molar refractivity (Wildman–Crippen MR) is 84.5 cm³/mol. The molecule has 4 atom stereocenters. The van der Waals surface area contributed by atoms with Gasteiger partial charge in [0.25, 0.3) is 0 Å². The van der Waals surface area contributed by atoms with Crippen molar-refractivity contribution in [1.82, 2.24) is 0 Å². The maximum Gasteiger partial charge on any atom is 0.0925 e. The van der Waals surface area contributed by atoms with Crippen LogP contribution in [0.2, 0.25) is 0 Å². The molecule has 1 heteroatoms. The monoisotopic (exact) mass is 272 g/mol. The summed E-state index contributed by atoms with van der Waals surface area (Å²) in [7, 11) is 0. The molecule has 1 nitrogen and oxygen atoms in total. The molecule has 20 heavy (non-hydrogen) atoms. The SMILES string of the molecule is C=C1CCCC2C3CCC(O)=CC3=CCC2[C@@H](C)CC1. The van der Waals surface area contributed by atoms with Gasteiger partial charge in [-0.25, -0.2) is 0 Å². The van der Waals surface area contributed by atoms with Crippen LogP contribution in [0.5, 0.6) is 0 Å². The third-order valence-electron chi connectivity index (χ3n) is 5.92. The van der Waals surface area contributed by atoms with Crippen LogP contribution in [0.25, 0.3) is 0 Å². The van der Waals surface area contributed by atoms with Crippen molar-refractivity contribution in [2.45, 2.75) is 58.3 Å². The minimum atomic E-state index is 0.593. The number of hydrogen-bond acceptors (Lipinski definition) is 1. The molecule has 0 aromatic carbocycles. The highest BCUT2D eigenvalue weighted by Crippen LogP contribution is 2.48. The molecule has 3 rings (SSSR count). The third-order valence-corrected chi connectivity index (χ3v) is 5.92. The Morgan fingerprint density at radius 1 is 1.10 bits per heavy atom. The Balaban J connectivity index is 1.84. The normalized spacial score (nSPS) is 38.5. The molecular weight excluding hydrogens is 244 g/mol. The van der Waals surface area contributed by atoms with E-state index in [1.807, 2.05) is 0 Å². The smallest absolute Gasteiger partial charge is 0.0925 e. The fraction of sp³-hybridized carbons (Fsp3) is 0.684. The van der Waals surface area contributed by atoms with Crippen molar-refractivity contribution in [2.75, 3.05) is 0 Å². The van der Waals surface area contributed by atoms with Gasteiger partial charge in [-0.2, -0.15) is 0 Å². The maximum atomic E-state index is 9.79. The number of hydrogen-bond donors (Lipinski definition) is 1. The molecule has 0 saturated heterocycles. The van der Waals surface area contributed by atoms with E-state index in [0.29, 0.717) is 11.7 Å². The minimum Gasteiger partial charge on any atom is -0.512 e. The first-order chi connectivity index (χ1) is 9.65. The van der Waals surface area contributed by atoms with Crippen LogP contribution in [0.1, 0.15) is 58.3 Å². The van der Waals surface area contributed by atoms with Gasteiger partial charge in [0, 0.05) is 6.42 Å². The van der Waals surface area contributed by atoms with E-state index in [4.69, 9.17) is 0 Å². The molecule has 0 bridgehead atoms. The molecule has 110 valence electrons. The van der Waals surface area contributed by atoms with Crippen molar-refractivity contribution in [3.05, 3.63) is 35.6 Å². The lowest BCUT2D eigenvalue weighted by Gasteiger charge is -2.42. The van der Waals surface area contributed by atoms with E-state index in [1.54, 1.807) is 0 Å². The zero-order valence-electron chi connectivity index (χ0n) is 12.8. The Labute approximate surface area is 123 Å². The standard InChI is InChI=1S/C19H28O/c1-13-4-3-5-19-17(14(2)7-6-13)10-8-15-12-16(20)9-11-18(15)19/h8,12,14,17-20H,1,3-7,9-11H2,2H3/t14-,17?,18?,19?/m0/s1. The van der Waals surface area contributed by atoms with Crippen molar-refractivity contribution < 1.29 is 5.11 Å². The van der Waals surface area contributed by atoms with Crippen LogP contribution >= 0.6 is 0 Å². The molecule has 0 heterocycles. The molecule has 0 aliphatic heterocycles. The van der Waals surface area contributed by atoms with E-state index in [1.165, 1.54) is 49.7 Å². The first-order valence-corrected chi connectivity index (χ1v) is 8.41. The molecule has 0 spiro atoms. The summed E-state index contributed by atoms with van der Waals surface area (Å²) in [6.07, 6.45) is 14.2. The average molecular weight is 272 g/mol. The summed E-state index contributed by atoms with van der Waals surface area (Å²) in [6, 6.07) is 0. The Bertz CT molecular complexity index is 443. The summed E-state index contributed by atoms with van der Waals surface area (Å²) in [6.45, 7) is 6.69. The van der Waals surface area contributed by atoms with E-state index in [-0.39, 0.29) is 0 Å². The zero-order chi connectivity index (χ0) is 14.1. The van der Waals surface area contributed by atoms with Gasteiger partial charge in [0.1, 0.15) is 0 Å². The first kappa shape index (κ1) is 14.0. The second-order valence-corrected chi connectivity index (χ2v) is 7.21. The largest absolute Gasteiger partial charge is 0.512 e. The maximum absolute atomic E-state index is 9.79. The number of aliphatic hydroxyl groups is 1. The van der Waals surface area contributed by atoms with Crippen LogP contribution in [0.15, 0.2) is 35.6 Å². The predicted octanol–water partition coefficient (Wildman–Crippen LogP) is 5.56. The summed E-state index contributed by atoms with van der Waals surface area (Å²) in [5.41, 5.74) is 2.89. The molecule has 0 aromatic heterocycles. The summed E-state index contributed by atoms with van der Waals surface area (Å²) in [5, 5.41) is 9.79. The highest BCUT2D eigenvalue weighted by atomic mass is 16.3. The van der Waals surface area contributed by atoms with Crippen LogP contribution in [0, 0.1) is 23.7 Å². The Hall–Kier alpha value is -0.980. The van der Waals surface area contributed by atoms with Crippen molar-refractivity contribution in [3.63, 3.8) is 0 Å². The highest BCUT2D eigenvalue weighted by molar-refractivity contribution is 5.30. The Kier molecular flexibility index (Phi) is 4.05. The highest BCUT2D eigenvalue weighted by Gasteiger charge is 2.38. The summed E-state index contributed by atoms with van der Waals surface area (Å²) in [4.78, 5) is 0. The van der Waals surface area contributed by atoms with Gasteiger partial charge in [-0.1, -0.05) is 25.2 Å². The fourth-order valence-corrected chi connectivity index (χ4v) is 4.69. The lowest BCUT2D eigenvalue weighted by atomic mass is 9.63. The molecule has 1 saturated carbocycles. The lowest BCUT2D eigenvalue weighted by molar-refractivity contribution is 0.148. The topological polar surface area (TPSA) is 20.2 Å². The second kappa shape index (κ2) is 5.79. The molecule has 0 amide bonds. The summed E-state index contributed by atoms with van der Waals surface area (Å²) >= 11 is 0. The molecule has 3 unspecified atom stereocenters. The van der Waals surface area contributed by atoms with Crippen molar-refractivity contribution in [3.8, 4) is 0 Å². The number of allylic oxidation sites excluding steroid dienone is 5. The third kappa shape index (κ3) is 2.73. The average Bonchev–Trinajstić information content (AvgIpc) is 2.50. The fourth-order valence-electron chi connectivity index (χ4n) is 4.69. The first-order valence-electron chi connectivity index (χ1n) is 8.41. The molecule has 3 aliphatic rings. The summed E-state index contributed by atoms with van der Waals surface area (Å²) in [5.74, 6) is 3.80.